The number of carbonyl (C=O) groups excluding carboxylic acids is 1. The van der Waals surface area contributed by atoms with Gasteiger partial charge in [-0.2, -0.15) is 0 Å². The molecule has 0 atom stereocenters. The van der Waals surface area contributed by atoms with Crippen LogP contribution in [0.25, 0.3) is 0 Å². The molecule has 0 aromatic rings. The predicted molar refractivity (Wildman–Crippen MR) is 44.9 cm³/mol. The van der Waals surface area contributed by atoms with E-state index >= 15 is 0 Å². The summed E-state index contributed by atoms with van der Waals surface area (Å²) in [6.07, 6.45) is 5.40. The van der Waals surface area contributed by atoms with Gasteiger partial charge < -0.3 is 4.90 Å². The fourth-order valence-corrected chi connectivity index (χ4v) is 1.23. The third-order valence-corrected chi connectivity index (χ3v) is 1.72. The van der Waals surface area contributed by atoms with Crippen LogP contribution in [0.4, 0.5) is 0 Å². The number of hydrogen-bond donors (Lipinski definition) is 0. The van der Waals surface area contributed by atoms with Gasteiger partial charge in [-0.25, -0.2) is 0 Å². The molecule has 1 aliphatic rings. The minimum Gasteiger partial charge on any atom is -0.307 e. The predicted octanol–water partition coefficient (Wildman–Crippen LogP) is 1.70. The maximum Gasteiger partial charge on any atom is 0.251 e. The Morgan fingerprint density at radius 3 is 2.45 bits per heavy atom. The van der Waals surface area contributed by atoms with Crippen LogP contribution in [0.2, 0.25) is 0 Å². The van der Waals surface area contributed by atoms with Gasteiger partial charge in [0.1, 0.15) is 0 Å². The highest BCUT2D eigenvalue weighted by Gasteiger charge is 2.21. The minimum atomic E-state index is 0.0908. The molecule has 0 spiro atoms. The van der Waals surface area contributed by atoms with E-state index in [-0.39, 0.29) is 11.9 Å². The summed E-state index contributed by atoms with van der Waals surface area (Å²) < 4.78 is 0. The van der Waals surface area contributed by atoms with Crippen molar-refractivity contribution >= 4 is 5.91 Å². The largest absolute Gasteiger partial charge is 0.307 e. The zero-order chi connectivity index (χ0) is 8.43. The first-order valence-electron chi connectivity index (χ1n) is 3.84. The van der Waals surface area contributed by atoms with Gasteiger partial charge in [0, 0.05) is 17.8 Å². The third kappa shape index (κ3) is 1.34. The van der Waals surface area contributed by atoms with Gasteiger partial charge >= 0.3 is 0 Å². The normalized spacial score (nSPS) is 20.9. The minimum absolute atomic E-state index is 0.0908. The second kappa shape index (κ2) is 2.91. The van der Waals surface area contributed by atoms with Crippen molar-refractivity contribution in [2.24, 2.45) is 0 Å². The summed E-state index contributed by atoms with van der Waals surface area (Å²) in [6.45, 7) is 5.95. The van der Waals surface area contributed by atoms with Crippen molar-refractivity contribution in [1.29, 1.82) is 0 Å². The van der Waals surface area contributed by atoms with E-state index in [2.05, 4.69) is 0 Å². The summed E-state index contributed by atoms with van der Waals surface area (Å²) in [5, 5.41) is 0. The maximum absolute atomic E-state index is 11.2. The SMILES string of the molecule is C/C=C1/C=CC(=O)N1C(C)C. The maximum atomic E-state index is 11.2. The van der Waals surface area contributed by atoms with Crippen LogP contribution in [-0.2, 0) is 4.79 Å². The van der Waals surface area contributed by atoms with Gasteiger partial charge in [-0.05, 0) is 26.8 Å². The van der Waals surface area contributed by atoms with Crippen molar-refractivity contribution in [3.05, 3.63) is 23.9 Å². The summed E-state index contributed by atoms with van der Waals surface area (Å²) in [5.41, 5.74) is 1.00. The highest BCUT2D eigenvalue weighted by Crippen LogP contribution is 2.17. The molecular formula is C9H13NO. The highest BCUT2D eigenvalue weighted by molar-refractivity contribution is 5.93. The Morgan fingerprint density at radius 2 is 2.09 bits per heavy atom. The molecule has 0 saturated heterocycles. The van der Waals surface area contributed by atoms with E-state index in [1.807, 2.05) is 32.9 Å². The van der Waals surface area contributed by atoms with Crippen LogP contribution < -0.4 is 0 Å². The third-order valence-electron chi connectivity index (χ3n) is 1.72. The lowest BCUT2D eigenvalue weighted by Gasteiger charge is -2.22. The Hall–Kier alpha value is -1.05. The number of nitrogens with zero attached hydrogens (tertiary/aromatic N) is 1. The van der Waals surface area contributed by atoms with Crippen molar-refractivity contribution in [3.63, 3.8) is 0 Å². The van der Waals surface area contributed by atoms with E-state index < -0.39 is 0 Å². The van der Waals surface area contributed by atoms with Crippen molar-refractivity contribution in [3.8, 4) is 0 Å². The molecule has 2 nitrogen and oxygen atoms in total. The lowest BCUT2D eigenvalue weighted by atomic mass is 10.3. The quantitative estimate of drug-likeness (QED) is 0.558. The lowest BCUT2D eigenvalue weighted by Crippen LogP contribution is -2.30. The van der Waals surface area contributed by atoms with Crippen molar-refractivity contribution in [2.75, 3.05) is 0 Å². The molecule has 2 heteroatoms. The Bertz CT molecular complexity index is 226. The van der Waals surface area contributed by atoms with E-state index in [0.29, 0.717) is 0 Å². The highest BCUT2D eigenvalue weighted by atomic mass is 16.2. The monoisotopic (exact) mass is 151 g/mol. The Morgan fingerprint density at radius 1 is 1.45 bits per heavy atom. The van der Waals surface area contributed by atoms with E-state index in [0.717, 1.165) is 5.70 Å². The van der Waals surface area contributed by atoms with Crippen molar-refractivity contribution < 1.29 is 4.79 Å². The van der Waals surface area contributed by atoms with Crippen LogP contribution in [0.3, 0.4) is 0 Å². The van der Waals surface area contributed by atoms with Gasteiger partial charge in [0.05, 0.1) is 0 Å². The molecule has 1 heterocycles. The first kappa shape index (κ1) is 8.05. The van der Waals surface area contributed by atoms with Crippen LogP contribution >= 0.6 is 0 Å². The fraction of sp³-hybridized carbons (Fsp3) is 0.444. The molecule has 1 aliphatic heterocycles. The van der Waals surface area contributed by atoms with Gasteiger partial charge in [0.15, 0.2) is 0 Å². The van der Waals surface area contributed by atoms with Gasteiger partial charge in [-0.15, -0.1) is 0 Å². The standard InChI is InChI=1S/C9H13NO/c1-4-8-5-6-9(11)10(8)7(2)3/h4-7H,1-3H3/b8-4-. The molecular weight excluding hydrogens is 138 g/mol. The smallest absolute Gasteiger partial charge is 0.251 e. The van der Waals surface area contributed by atoms with E-state index in [4.69, 9.17) is 0 Å². The van der Waals surface area contributed by atoms with Crippen molar-refractivity contribution in [1.82, 2.24) is 4.90 Å². The number of rotatable bonds is 1. The van der Waals surface area contributed by atoms with E-state index in [1.54, 1.807) is 11.0 Å². The molecule has 1 rings (SSSR count). The number of amides is 1. The summed E-state index contributed by atoms with van der Waals surface area (Å²) in [5.74, 6) is 0.0908. The van der Waals surface area contributed by atoms with Gasteiger partial charge in [-0.3, -0.25) is 4.79 Å². The number of carbonyl (C=O) groups is 1. The summed E-state index contributed by atoms with van der Waals surface area (Å²) in [4.78, 5) is 13.0. The molecule has 0 N–H and O–H groups in total. The number of hydrogen-bond acceptors (Lipinski definition) is 1. The second-order valence-electron chi connectivity index (χ2n) is 2.85. The molecule has 0 aromatic heterocycles. The molecule has 0 unspecified atom stereocenters. The lowest BCUT2D eigenvalue weighted by molar-refractivity contribution is -0.124. The average Bonchev–Trinajstić information content (AvgIpc) is 2.30. The van der Waals surface area contributed by atoms with Crippen LogP contribution in [0.5, 0.6) is 0 Å². The van der Waals surface area contributed by atoms with Crippen LogP contribution in [-0.4, -0.2) is 16.8 Å². The second-order valence-corrected chi connectivity index (χ2v) is 2.85. The topological polar surface area (TPSA) is 20.3 Å². The first-order chi connectivity index (χ1) is 5.16. The molecule has 0 bridgehead atoms. The molecule has 0 fully saturated rings. The van der Waals surface area contributed by atoms with Gasteiger partial charge in [0.2, 0.25) is 0 Å². The molecule has 0 aliphatic carbocycles. The molecule has 1 amide bonds. The Kier molecular flexibility index (Phi) is 2.13. The molecule has 0 saturated carbocycles. The molecule has 60 valence electrons. The summed E-state index contributed by atoms with van der Waals surface area (Å²) >= 11 is 0. The zero-order valence-corrected chi connectivity index (χ0v) is 7.16. The van der Waals surface area contributed by atoms with Gasteiger partial charge in [-0.1, -0.05) is 6.08 Å². The summed E-state index contributed by atoms with van der Waals surface area (Å²) in [6, 6.07) is 0.253. The van der Waals surface area contributed by atoms with Crippen LogP contribution in [0.15, 0.2) is 23.9 Å². The molecule has 0 aromatic carbocycles. The fourth-order valence-electron chi connectivity index (χ4n) is 1.23. The summed E-state index contributed by atoms with van der Waals surface area (Å²) in [7, 11) is 0. The molecule has 11 heavy (non-hydrogen) atoms. The van der Waals surface area contributed by atoms with Crippen LogP contribution in [0.1, 0.15) is 20.8 Å². The van der Waals surface area contributed by atoms with Gasteiger partial charge in [0.25, 0.3) is 5.91 Å². The van der Waals surface area contributed by atoms with Crippen LogP contribution in [0, 0.1) is 0 Å². The van der Waals surface area contributed by atoms with E-state index in [1.165, 1.54) is 0 Å². The Balaban J connectivity index is 2.87. The zero-order valence-electron chi connectivity index (χ0n) is 7.16. The van der Waals surface area contributed by atoms with Crippen molar-refractivity contribution in [2.45, 2.75) is 26.8 Å². The Labute approximate surface area is 67.2 Å². The first-order valence-corrected chi connectivity index (χ1v) is 3.84. The number of allylic oxidation sites excluding steroid dienone is 2. The van der Waals surface area contributed by atoms with E-state index in [9.17, 15) is 4.79 Å². The molecule has 0 radical (unpaired) electrons. The average molecular weight is 151 g/mol.